The first-order valence-corrected chi connectivity index (χ1v) is 10.5. The number of ether oxygens (including phenoxy) is 4. The van der Waals surface area contributed by atoms with Crippen molar-refractivity contribution in [2.45, 2.75) is 26.0 Å². The van der Waals surface area contributed by atoms with E-state index in [2.05, 4.69) is 27.7 Å². The average molecular weight is 415 g/mol. The fourth-order valence-corrected chi connectivity index (χ4v) is 4.23. The maximum atomic E-state index is 12.7. The lowest BCUT2D eigenvalue weighted by Gasteiger charge is -2.31. The number of anilines is 1. The van der Waals surface area contributed by atoms with Gasteiger partial charge in [-0.05, 0) is 31.0 Å². The van der Waals surface area contributed by atoms with Gasteiger partial charge in [0.2, 0.25) is 0 Å². The minimum atomic E-state index is -0.186. The van der Waals surface area contributed by atoms with Crippen LogP contribution in [0.2, 0.25) is 0 Å². The third-order valence-corrected chi connectivity index (χ3v) is 5.94. The molecule has 0 N–H and O–H groups in total. The normalized spacial score (nSPS) is 16.7. The van der Waals surface area contributed by atoms with Gasteiger partial charge in [-0.2, -0.15) is 0 Å². The molecule has 3 heterocycles. The predicted octanol–water partition coefficient (Wildman–Crippen LogP) is 2.26. The van der Waals surface area contributed by atoms with Crippen LogP contribution in [-0.2, 0) is 27.2 Å². The summed E-state index contributed by atoms with van der Waals surface area (Å²) in [5.74, 6) is 0.585. The highest BCUT2D eigenvalue weighted by Gasteiger charge is 2.24. The number of methoxy groups -OCH3 is 2. The van der Waals surface area contributed by atoms with Crippen LogP contribution in [0, 0.1) is 6.92 Å². The van der Waals surface area contributed by atoms with E-state index in [9.17, 15) is 4.79 Å². The SMILES string of the molecule is COC[C@@H](COc1cc(=O)c(C)c2n1CCc1cc(N3CCOCC3)ccc1-2)OC. The number of fused-ring (bicyclic) bond motifs is 3. The number of morpholine rings is 1. The number of aromatic nitrogens is 1. The molecule has 1 aromatic heterocycles. The third kappa shape index (κ3) is 4.10. The summed E-state index contributed by atoms with van der Waals surface area (Å²) in [5.41, 5.74) is 5.30. The fourth-order valence-electron chi connectivity index (χ4n) is 4.23. The van der Waals surface area contributed by atoms with Crippen LogP contribution in [0.4, 0.5) is 5.69 Å². The predicted molar refractivity (Wildman–Crippen MR) is 116 cm³/mol. The summed E-state index contributed by atoms with van der Waals surface area (Å²) in [6.07, 6.45) is 0.708. The molecule has 0 radical (unpaired) electrons. The fraction of sp³-hybridized carbons (Fsp3) is 0.522. The lowest BCUT2D eigenvalue weighted by Crippen LogP contribution is -2.36. The highest BCUT2D eigenvalue weighted by Crippen LogP contribution is 2.36. The molecule has 2 aliphatic rings. The van der Waals surface area contributed by atoms with E-state index in [0.717, 1.165) is 56.1 Å². The third-order valence-electron chi connectivity index (χ3n) is 5.94. The molecule has 1 aromatic carbocycles. The maximum Gasteiger partial charge on any atom is 0.197 e. The van der Waals surface area contributed by atoms with E-state index < -0.39 is 0 Å². The molecule has 2 aromatic rings. The standard InChI is InChI=1S/C23H30N2O5/c1-16-21(26)13-22(30-15-19(28-3)14-27-2)25-7-6-17-12-18(4-5-20(17)23(16)25)24-8-10-29-11-9-24/h4-5,12-13,19H,6-11,14-15H2,1-3H3/t19-/m0/s1. The van der Waals surface area contributed by atoms with Gasteiger partial charge in [0.25, 0.3) is 0 Å². The van der Waals surface area contributed by atoms with Crippen molar-refractivity contribution in [3.05, 3.63) is 45.6 Å². The molecule has 2 aliphatic heterocycles. The van der Waals surface area contributed by atoms with Crippen LogP contribution >= 0.6 is 0 Å². The zero-order valence-corrected chi connectivity index (χ0v) is 18.0. The minimum Gasteiger partial charge on any atom is -0.476 e. The van der Waals surface area contributed by atoms with Crippen LogP contribution in [0.1, 0.15) is 11.1 Å². The van der Waals surface area contributed by atoms with E-state index in [1.807, 2.05) is 6.92 Å². The Hall–Kier alpha value is -2.35. The van der Waals surface area contributed by atoms with Gasteiger partial charge in [-0.1, -0.05) is 6.07 Å². The second-order valence-corrected chi connectivity index (χ2v) is 7.79. The molecule has 1 atom stereocenters. The summed E-state index contributed by atoms with van der Waals surface area (Å²) in [6.45, 7) is 6.78. The Kier molecular flexibility index (Phi) is 6.41. The van der Waals surface area contributed by atoms with Crippen molar-refractivity contribution in [2.75, 3.05) is 58.6 Å². The summed E-state index contributed by atoms with van der Waals surface area (Å²) in [7, 11) is 3.26. The van der Waals surface area contributed by atoms with E-state index in [1.165, 1.54) is 11.3 Å². The minimum absolute atomic E-state index is 0.0120. The topological polar surface area (TPSA) is 62.2 Å². The lowest BCUT2D eigenvalue weighted by molar-refractivity contribution is -0.000948. The molecule has 7 nitrogen and oxygen atoms in total. The average Bonchev–Trinajstić information content (AvgIpc) is 2.79. The highest BCUT2D eigenvalue weighted by molar-refractivity contribution is 5.72. The van der Waals surface area contributed by atoms with Gasteiger partial charge in [0.15, 0.2) is 11.3 Å². The molecule has 1 saturated heterocycles. The van der Waals surface area contributed by atoms with Crippen LogP contribution in [0.3, 0.4) is 0 Å². The van der Waals surface area contributed by atoms with E-state index in [4.69, 9.17) is 18.9 Å². The quantitative estimate of drug-likeness (QED) is 0.693. The van der Waals surface area contributed by atoms with Gasteiger partial charge < -0.3 is 28.4 Å². The monoisotopic (exact) mass is 414 g/mol. The van der Waals surface area contributed by atoms with Gasteiger partial charge in [-0.15, -0.1) is 0 Å². The van der Waals surface area contributed by atoms with Crippen molar-refractivity contribution in [1.29, 1.82) is 0 Å². The van der Waals surface area contributed by atoms with Crippen LogP contribution in [0.25, 0.3) is 11.3 Å². The molecule has 0 saturated carbocycles. The van der Waals surface area contributed by atoms with Crippen molar-refractivity contribution < 1.29 is 18.9 Å². The van der Waals surface area contributed by atoms with E-state index >= 15 is 0 Å². The van der Waals surface area contributed by atoms with E-state index in [-0.39, 0.29) is 11.5 Å². The largest absolute Gasteiger partial charge is 0.476 e. The number of aryl methyl sites for hydroxylation is 1. The Labute approximate surface area is 177 Å². The number of rotatable bonds is 7. The summed E-state index contributed by atoms with van der Waals surface area (Å²) in [4.78, 5) is 15.1. The molecule has 4 rings (SSSR count). The number of hydrogen-bond acceptors (Lipinski definition) is 6. The van der Waals surface area contributed by atoms with Crippen molar-refractivity contribution in [3.63, 3.8) is 0 Å². The van der Waals surface area contributed by atoms with Crippen molar-refractivity contribution in [2.24, 2.45) is 0 Å². The molecule has 0 unspecified atom stereocenters. The van der Waals surface area contributed by atoms with Crippen LogP contribution in [-0.4, -0.2) is 64.4 Å². The zero-order valence-electron chi connectivity index (χ0n) is 18.0. The van der Waals surface area contributed by atoms with Crippen molar-refractivity contribution in [3.8, 4) is 17.1 Å². The summed E-state index contributed by atoms with van der Waals surface area (Å²) in [6, 6.07) is 8.15. The van der Waals surface area contributed by atoms with Crippen LogP contribution in [0.5, 0.6) is 5.88 Å². The second-order valence-electron chi connectivity index (χ2n) is 7.79. The van der Waals surface area contributed by atoms with Gasteiger partial charge >= 0.3 is 0 Å². The van der Waals surface area contributed by atoms with E-state index in [0.29, 0.717) is 19.1 Å². The molecule has 0 aliphatic carbocycles. The van der Waals surface area contributed by atoms with Crippen molar-refractivity contribution in [1.82, 2.24) is 4.57 Å². The van der Waals surface area contributed by atoms with Gasteiger partial charge in [-0.3, -0.25) is 4.79 Å². The zero-order chi connectivity index (χ0) is 21.1. The van der Waals surface area contributed by atoms with Crippen LogP contribution < -0.4 is 15.1 Å². The second kappa shape index (κ2) is 9.20. The van der Waals surface area contributed by atoms with E-state index in [1.54, 1.807) is 20.3 Å². The molecule has 0 amide bonds. The molecule has 7 heteroatoms. The van der Waals surface area contributed by atoms with Gasteiger partial charge in [0.1, 0.15) is 12.7 Å². The maximum absolute atomic E-state index is 12.7. The smallest absolute Gasteiger partial charge is 0.197 e. The Morgan fingerprint density at radius 2 is 1.90 bits per heavy atom. The molecule has 162 valence electrons. The number of benzene rings is 1. The number of hydrogen-bond donors (Lipinski definition) is 0. The summed E-state index contributed by atoms with van der Waals surface area (Å²) >= 11 is 0. The molecule has 0 spiro atoms. The highest BCUT2D eigenvalue weighted by atomic mass is 16.6. The Bertz CT molecular complexity index is 949. The first-order chi connectivity index (χ1) is 14.6. The van der Waals surface area contributed by atoms with Gasteiger partial charge in [0.05, 0.1) is 25.5 Å². The number of nitrogens with zero attached hydrogens (tertiary/aromatic N) is 2. The first kappa shape index (κ1) is 20.9. The summed E-state index contributed by atoms with van der Waals surface area (Å²) < 4.78 is 24.2. The molecule has 1 fully saturated rings. The Balaban J connectivity index is 1.66. The first-order valence-electron chi connectivity index (χ1n) is 10.5. The Morgan fingerprint density at radius 3 is 2.63 bits per heavy atom. The molecule has 30 heavy (non-hydrogen) atoms. The summed E-state index contributed by atoms with van der Waals surface area (Å²) in [5, 5.41) is 0. The Morgan fingerprint density at radius 1 is 1.10 bits per heavy atom. The van der Waals surface area contributed by atoms with Gasteiger partial charge in [-0.25, -0.2) is 0 Å². The van der Waals surface area contributed by atoms with Gasteiger partial charge in [0, 0.05) is 56.7 Å². The molecule has 0 bridgehead atoms. The lowest BCUT2D eigenvalue weighted by atomic mass is 9.94. The molecular weight excluding hydrogens is 384 g/mol. The number of pyridine rings is 1. The molecular formula is C23H30N2O5. The van der Waals surface area contributed by atoms with Crippen LogP contribution in [0.15, 0.2) is 29.1 Å². The van der Waals surface area contributed by atoms with Crippen molar-refractivity contribution >= 4 is 5.69 Å².